The number of benzene rings is 1. The minimum atomic E-state index is 0.610. The number of para-hydroxylation sites is 1. The Labute approximate surface area is 119 Å². The predicted octanol–water partition coefficient (Wildman–Crippen LogP) is 3.13. The lowest BCUT2D eigenvalue weighted by atomic mass is 10.1. The Morgan fingerprint density at radius 3 is 2.68 bits per heavy atom. The van der Waals surface area contributed by atoms with Crippen molar-refractivity contribution in [2.75, 3.05) is 5.32 Å². The molecule has 1 aromatic heterocycles. The fraction of sp³-hybridized carbons (Fsp3) is 0.200. The lowest BCUT2D eigenvalue weighted by Gasteiger charge is -2.11. The van der Waals surface area contributed by atoms with Crippen LogP contribution in [0.2, 0.25) is 0 Å². The summed E-state index contributed by atoms with van der Waals surface area (Å²) in [7, 11) is 0. The maximum atomic E-state index is 5.26. The molecule has 1 aromatic carbocycles. The molecule has 0 atom stereocenters. The monoisotopic (exact) mass is 271 g/mol. The van der Waals surface area contributed by atoms with Crippen LogP contribution in [0.15, 0.2) is 48.7 Å². The van der Waals surface area contributed by atoms with Gasteiger partial charge < -0.3 is 10.6 Å². The Morgan fingerprint density at radius 1 is 1.16 bits per heavy atom. The Balaban J connectivity index is 1.90. The van der Waals surface area contributed by atoms with E-state index in [1.165, 1.54) is 5.56 Å². The molecule has 2 rings (SSSR count). The molecule has 0 aliphatic heterocycles. The SMILES string of the molecule is CCc1cccnc1CNC(=S)Nc1ccccc1. The lowest BCUT2D eigenvalue weighted by molar-refractivity contribution is 0.855. The first-order valence-electron chi connectivity index (χ1n) is 6.32. The van der Waals surface area contributed by atoms with E-state index < -0.39 is 0 Å². The van der Waals surface area contributed by atoms with Gasteiger partial charge in [0.25, 0.3) is 0 Å². The molecular formula is C15H17N3S. The van der Waals surface area contributed by atoms with Gasteiger partial charge in [0.05, 0.1) is 12.2 Å². The topological polar surface area (TPSA) is 37.0 Å². The highest BCUT2D eigenvalue weighted by Gasteiger charge is 2.02. The lowest BCUT2D eigenvalue weighted by Crippen LogP contribution is -2.28. The molecule has 0 fully saturated rings. The van der Waals surface area contributed by atoms with E-state index >= 15 is 0 Å². The van der Waals surface area contributed by atoms with Crippen LogP contribution in [0.5, 0.6) is 0 Å². The summed E-state index contributed by atoms with van der Waals surface area (Å²) in [5, 5.41) is 6.93. The van der Waals surface area contributed by atoms with Gasteiger partial charge in [-0.3, -0.25) is 4.98 Å². The molecular weight excluding hydrogens is 254 g/mol. The fourth-order valence-corrected chi connectivity index (χ4v) is 2.00. The van der Waals surface area contributed by atoms with E-state index in [2.05, 4.69) is 28.6 Å². The normalized spacial score (nSPS) is 9.95. The van der Waals surface area contributed by atoms with Gasteiger partial charge >= 0.3 is 0 Å². The van der Waals surface area contributed by atoms with E-state index in [1.807, 2.05) is 42.6 Å². The minimum absolute atomic E-state index is 0.610. The minimum Gasteiger partial charge on any atom is -0.357 e. The van der Waals surface area contributed by atoms with Gasteiger partial charge in [0.15, 0.2) is 5.11 Å². The van der Waals surface area contributed by atoms with Gasteiger partial charge in [0.2, 0.25) is 0 Å². The number of hydrogen-bond donors (Lipinski definition) is 2. The smallest absolute Gasteiger partial charge is 0.171 e. The largest absolute Gasteiger partial charge is 0.357 e. The number of anilines is 1. The molecule has 2 aromatic rings. The highest BCUT2D eigenvalue weighted by molar-refractivity contribution is 7.80. The molecule has 98 valence electrons. The zero-order valence-corrected chi connectivity index (χ0v) is 11.7. The number of thiocarbonyl (C=S) groups is 1. The second-order valence-electron chi connectivity index (χ2n) is 4.14. The van der Waals surface area contributed by atoms with E-state index in [-0.39, 0.29) is 0 Å². The second-order valence-corrected chi connectivity index (χ2v) is 4.54. The molecule has 0 amide bonds. The van der Waals surface area contributed by atoms with Gasteiger partial charge in [-0.25, -0.2) is 0 Å². The maximum absolute atomic E-state index is 5.26. The fourth-order valence-electron chi connectivity index (χ4n) is 1.81. The molecule has 0 radical (unpaired) electrons. The van der Waals surface area contributed by atoms with Gasteiger partial charge in [-0.2, -0.15) is 0 Å². The molecule has 0 unspecified atom stereocenters. The number of nitrogens with zero attached hydrogens (tertiary/aromatic N) is 1. The third-order valence-corrected chi connectivity index (χ3v) is 3.06. The van der Waals surface area contributed by atoms with E-state index in [1.54, 1.807) is 0 Å². The zero-order valence-electron chi connectivity index (χ0n) is 10.9. The first kappa shape index (κ1) is 13.5. The Kier molecular flexibility index (Phi) is 4.86. The zero-order chi connectivity index (χ0) is 13.5. The van der Waals surface area contributed by atoms with Gasteiger partial charge in [-0.1, -0.05) is 31.2 Å². The van der Waals surface area contributed by atoms with E-state index in [0.29, 0.717) is 11.7 Å². The van der Waals surface area contributed by atoms with Crippen LogP contribution in [-0.2, 0) is 13.0 Å². The quantitative estimate of drug-likeness (QED) is 0.838. The van der Waals surface area contributed by atoms with Crippen molar-refractivity contribution >= 4 is 23.0 Å². The summed E-state index contributed by atoms with van der Waals surface area (Å²) in [6.07, 6.45) is 2.79. The first-order valence-corrected chi connectivity index (χ1v) is 6.73. The number of aryl methyl sites for hydroxylation is 1. The number of rotatable bonds is 4. The molecule has 0 saturated heterocycles. The number of nitrogens with one attached hydrogen (secondary N) is 2. The molecule has 0 saturated carbocycles. The number of aromatic nitrogens is 1. The summed E-state index contributed by atoms with van der Waals surface area (Å²) < 4.78 is 0. The maximum Gasteiger partial charge on any atom is 0.171 e. The molecule has 1 heterocycles. The average molecular weight is 271 g/mol. The molecule has 4 heteroatoms. The van der Waals surface area contributed by atoms with Crippen molar-refractivity contribution in [2.24, 2.45) is 0 Å². The number of hydrogen-bond acceptors (Lipinski definition) is 2. The molecule has 0 bridgehead atoms. The van der Waals surface area contributed by atoms with E-state index in [0.717, 1.165) is 17.8 Å². The van der Waals surface area contributed by atoms with Crippen LogP contribution in [0.25, 0.3) is 0 Å². The van der Waals surface area contributed by atoms with Crippen LogP contribution < -0.4 is 10.6 Å². The van der Waals surface area contributed by atoms with E-state index in [4.69, 9.17) is 12.2 Å². The van der Waals surface area contributed by atoms with E-state index in [9.17, 15) is 0 Å². The highest BCUT2D eigenvalue weighted by atomic mass is 32.1. The summed E-state index contributed by atoms with van der Waals surface area (Å²) in [6, 6.07) is 13.9. The van der Waals surface area contributed by atoms with Crippen LogP contribution >= 0.6 is 12.2 Å². The summed E-state index contributed by atoms with van der Waals surface area (Å²) in [6.45, 7) is 2.77. The Bertz CT molecular complexity index is 540. The second kappa shape index (κ2) is 6.85. The standard InChI is InChI=1S/C15H17N3S/c1-2-12-7-6-10-16-14(12)11-17-15(19)18-13-8-4-3-5-9-13/h3-10H,2,11H2,1H3,(H2,17,18,19). The first-order chi connectivity index (χ1) is 9.29. The van der Waals surface area contributed by atoms with Crippen molar-refractivity contribution in [3.8, 4) is 0 Å². The molecule has 0 spiro atoms. The molecule has 3 nitrogen and oxygen atoms in total. The highest BCUT2D eigenvalue weighted by Crippen LogP contribution is 2.07. The average Bonchev–Trinajstić information content (AvgIpc) is 2.46. The van der Waals surface area contributed by atoms with Crippen molar-refractivity contribution in [3.63, 3.8) is 0 Å². The van der Waals surface area contributed by atoms with Crippen LogP contribution in [0.1, 0.15) is 18.2 Å². The Morgan fingerprint density at radius 2 is 1.95 bits per heavy atom. The van der Waals surface area contributed by atoms with Crippen LogP contribution in [0, 0.1) is 0 Å². The van der Waals surface area contributed by atoms with Crippen LogP contribution in [-0.4, -0.2) is 10.1 Å². The number of pyridine rings is 1. The van der Waals surface area contributed by atoms with Gasteiger partial charge in [0.1, 0.15) is 0 Å². The van der Waals surface area contributed by atoms with Crippen LogP contribution in [0.3, 0.4) is 0 Å². The van der Waals surface area contributed by atoms with Crippen molar-refractivity contribution < 1.29 is 0 Å². The summed E-state index contributed by atoms with van der Waals surface area (Å²) in [5.74, 6) is 0. The third-order valence-electron chi connectivity index (χ3n) is 2.81. The summed E-state index contributed by atoms with van der Waals surface area (Å²) >= 11 is 5.26. The molecule has 0 aliphatic rings. The van der Waals surface area contributed by atoms with Crippen molar-refractivity contribution in [1.82, 2.24) is 10.3 Å². The summed E-state index contributed by atoms with van der Waals surface area (Å²) in [4.78, 5) is 4.38. The predicted molar refractivity (Wildman–Crippen MR) is 83.1 cm³/mol. The van der Waals surface area contributed by atoms with Gasteiger partial charge in [0, 0.05) is 11.9 Å². The summed E-state index contributed by atoms with van der Waals surface area (Å²) in [5.41, 5.74) is 3.27. The van der Waals surface area contributed by atoms with Gasteiger partial charge in [-0.15, -0.1) is 0 Å². The Hall–Kier alpha value is -1.94. The third kappa shape index (κ3) is 4.03. The molecule has 2 N–H and O–H groups in total. The van der Waals surface area contributed by atoms with Gasteiger partial charge in [-0.05, 0) is 42.4 Å². The molecule has 0 aliphatic carbocycles. The van der Waals surface area contributed by atoms with Crippen molar-refractivity contribution in [2.45, 2.75) is 19.9 Å². The van der Waals surface area contributed by atoms with Crippen molar-refractivity contribution in [3.05, 3.63) is 59.9 Å². The molecule has 19 heavy (non-hydrogen) atoms. The van der Waals surface area contributed by atoms with Crippen molar-refractivity contribution in [1.29, 1.82) is 0 Å². The van der Waals surface area contributed by atoms with Crippen LogP contribution in [0.4, 0.5) is 5.69 Å².